The number of aromatic nitrogens is 3. The molecule has 8 nitrogen and oxygen atoms in total. The highest BCUT2D eigenvalue weighted by Gasteiger charge is 2.28. The molecule has 0 unspecified atom stereocenters. The summed E-state index contributed by atoms with van der Waals surface area (Å²) >= 11 is 0. The zero-order valence-corrected chi connectivity index (χ0v) is 15.8. The Bertz CT molecular complexity index is 1050. The second-order valence-corrected chi connectivity index (χ2v) is 6.77. The predicted octanol–water partition coefficient (Wildman–Crippen LogP) is 2.48. The Morgan fingerprint density at radius 2 is 1.76 bits per heavy atom. The van der Waals surface area contributed by atoms with Crippen molar-refractivity contribution in [2.45, 2.75) is 26.3 Å². The van der Waals surface area contributed by atoms with Gasteiger partial charge in [0.1, 0.15) is 11.6 Å². The van der Waals surface area contributed by atoms with E-state index in [0.717, 1.165) is 11.4 Å². The third kappa shape index (κ3) is 3.91. The van der Waals surface area contributed by atoms with Crippen molar-refractivity contribution >= 4 is 23.4 Å². The van der Waals surface area contributed by atoms with Gasteiger partial charge in [0.2, 0.25) is 11.8 Å². The number of amides is 3. The summed E-state index contributed by atoms with van der Waals surface area (Å²) in [5.74, 6) is 0.968. The zero-order chi connectivity index (χ0) is 20.4. The quantitative estimate of drug-likeness (QED) is 0.676. The minimum absolute atomic E-state index is 0.154. The molecule has 1 saturated heterocycles. The lowest BCUT2D eigenvalue weighted by Crippen LogP contribution is -2.28. The Kier molecular flexibility index (Phi) is 4.90. The maximum absolute atomic E-state index is 12.5. The summed E-state index contributed by atoms with van der Waals surface area (Å²) in [6, 6.07) is 10.4. The molecule has 1 aliphatic heterocycles. The summed E-state index contributed by atoms with van der Waals surface area (Å²) < 4.78 is 1.85. The van der Waals surface area contributed by atoms with Gasteiger partial charge in [-0.3, -0.25) is 23.9 Å². The monoisotopic (exact) mass is 389 g/mol. The lowest BCUT2D eigenvalue weighted by atomic mass is 10.1. The molecule has 8 heteroatoms. The molecule has 0 aliphatic carbocycles. The number of imidazole rings is 1. The fourth-order valence-electron chi connectivity index (χ4n) is 3.17. The molecule has 3 amide bonds. The average Bonchev–Trinajstić information content (AvgIpc) is 3.29. The largest absolute Gasteiger partial charge is 0.321 e. The molecule has 146 valence electrons. The van der Waals surface area contributed by atoms with Crippen molar-refractivity contribution in [1.82, 2.24) is 19.4 Å². The van der Waals surface area contributed by atoms with E-state index in [-0.39, 0.29) is 37.1 Å². The lowest BCUT2D eigenvalue weighted by Gasteiger charge is -2.14. The van der Waals surface area contributed by atoms with Crippen molar-refractivity contribution in [2.75, 3.05) is 5.32 Å². The Labute approximate surface area is 167 Å². The number of carbonyl (C=O) groups is 3. The molecule has 0 atom stereocenters. The van der Waals surface area contributed by atoms with Crippen molar-refractivity contribution in [3.05, 3.63) is 71.9 Å². The number of hydrogen-bond acceptors (Lipinski definition) is 5. The van der Waals surface area contributed by atoms with Gasteiger partial charge in [-0.1, -0.05) is 12.1 Å². The van der Waals surface area contributed by atoms with Gasteiger partial charge in [0.15, 0.2) is 0 Å². The van der Waals surface area contributed by atoms with Gasteiger partial charge in [-0.15, -0.1) is 0 Å². The number of aryl methyl sites for hydroxylation is 1. The summed E-state index contributed by atoms with van der Waals surface area (Å²) in [5.41, 5.74) is 1.85. The van der Waals surface area contributed by atoms with E-state index in [1.165, 1.54) is 4.90 Å². The minimum Gasteiger partial charge on any atom is -0.321 e. The number of likely N-dealkylation sites (tertiary alicyclic amines) is 1. The lowest BCUT2D eigenvalue weighted by molar-refractivity contribution is -0.139. The van der Waals surface area contributed by atoms with Gasteiger partial charge in [0, 0.05) is 30.8 Å². The zero-order valence-electron chi connectivity index (χ0n) is 15.8. The molecule has 2 aromatic heterocycles. The van der Waals surface area contributed by atoms with Gasteiger partial charge in [0.25, 0.3) is 5.91 Å². The normalized spacial score (nSPS) is 13.8. The van der Waals surface area contributed by atoms with Crippen LogP contribution in [0.25, 0.3) is 5.82 Å². The number of carbonyl (C=O) groups excluding carboxylic acids is 3. The number of nitrogens with zero attached hydrogens (tertiary/aromatic N) is 4. The Balaban J connectivity index is 1.40. The highest BCUT2D eigenvalue weighted by molar-refractivity contribution is 6.04. The number of rotatable bonds is 5. The van der Waals surface area contributed by atoms with E-state index in [1.54, 1.807) is 48.8 Å². The first-order chi connectivity index (χ1) is 14.0. The predicted molar refractivity (Wildman–Crippen MR) is 105 cm³/mol. The van der Waals surface area contributed by atoms with Crippen molar-refractivity contribution in [3.8, 4) is 5.82 Å². The number of pyridine rings is 1. The first-order valence-corrected chi connectivity index (χ1v) is 9.21. The summed E-state index contributed by atoms with van der Waals surface area (Å²) in [4.78, 5) is 45.7. The second-order valence-electron chi connectivity index (χ2n) is 6.77. The molecule has 1 fully saturated rings. The molecule has 0 bridgehead atoms. The SMILES string of the molecule is Cc1nccn1-c1ccc(NC(=O)c2ccc(CN3C(=O)CCC3=O)cc2)cn1. The third-order valence-electron chi connectivity index (χ3n) is 4.79. The second kappa shape index (κ2) is 7.67. The third-order valence-corrected chi connectivity index (χ3v) is 4.79. The van der Waals surface area contributed by atoms with Crippen molar-refractivity contribution in [2.24, 2.45) is 0 Å². The van der Waals surface area contributed by atoms with Crippen molar-refractivity contribution < 1.29 is 14.4 Å². The molecular weight excluding hydrogens is 370 g/mol. The molecule has 1 N–H and O–H groups in total. The Hall–Kier alpha value is -3.81. The Morgan fingerprint density at radius 3 is 2.34 bits per heavy atom. The topological polar surface area (TPSA) is 97.2 Å². The van der Waals surface area contributed by atoms with E-state index in [4.69, 9.17) is 0 Å². The van der Waals surface area contributed by atoms with Crippen molar-refractivity contribution in [3.63, 3.8) is 0 Å². The maximum Gasteiger partial charge on any atom is 0.255 e. The van der Waals surface area contributed by atoms with Crippen LogP contribution in [0.1, 0.15) is 34.6 Å². The van der Waals surface area contributed by atoms with Crippen LogP contribution < -0.4 is 5.32 Å². The number of nitrogens with one attached hydrogen (secondary N) is 1. The average molecular weight is 389 g/mol. The molecule has 0 radical (unpaired) electrons. The van der Waals surface area contributed by atoms with Crippen LogP contribution in [0.5, 0.6) is 0 Å². The van der Waals surface area contributed by atoms with Crippen LogP contribution in [-0.2, 0) is 16.1 Å². The summed E-state index contributed by atoms with van der Waals surface area (Å²) in [6.45, 7) is 2.12. The molecule has 0 spiro atoms. The molecule has 1 aliphatic rings. The van der Waals surface area contributed by atoms with E-state index in [9.17, 15) is 14.4 Å². The number of anilines is 1. The van der Waals surface area contributed by atoms with Crippen LogP contribution in [0, 0.1) is 6.92 Å². The van der Waals surface area contributed by atoms with Gasteiger partial charge < -0.3 is 5.32 Å². The molecule has 1 aromatic carbocycles. The van der Waals surface area contributed by atoms with Gasteiger partial charge in [-0.2, -0.15) is 0 Å². The number of benzene rings is 1. The molecule has 0 saturated carbocycles. The van der Waals surface area contributed by atoms with Gasteiger partial charge in [-0.05, 0) is 36.8 Å². The summed E-state index contributed by atoms with van der Waals surface area (Å²) in [6.07, 6.45) is 5.65. The van der Waals surface area contributed by atoms with Crippen LogP contribution in [-0.4, -0.2) is 37.2 Å². The smallest absolute Gasteiger partial charge is 0.255 e. The molecule has 4 rings (SSSR count). The summed E-state index contributed by atoms with van der Waals surface area (Å²) in [5, 5.41) is 2.81. The fraction of sp³-hybridized carbons (Fsp3) is 0.190. The highest BCUT2D eigenvalue weighted by atomic mass is 16.2. The van der Waals surface area contributed by atoms with E-state index in [2.05, 4.69) is 15.3 Å². The molecule has 3 heterocycles. The molecule has 3 aromatic rings. The first-order valence-electron chi connectivity index (χ1n) is 9.21. The van der Waals surface area contributed by atoms with Crippen LogP contribution in [0.4, 0.5) is 5.69 Å². The van der Waals surface area contributed by atoms with E-state index in [0.29, 0.717) is 17.1 Å². The standard InChI is InChI=1S/C21H19N5O3/c1-14-22-10-11-25(14)18-7-6-17(12-23-18)24-21(29)16-4-2-15(3-5-16)13-26-19(27)8-9-20(26)28/h2-7,10-12H,8-9,13H2,1H3,(H,24,29). The van der Waals surface area contributed by atoms with Crippen LogP contribution in [0.2, 0.25) is 0 Å². The van der Waals surface area contributed by atoms with E-state index in [1.807, 2.05) is 17.7 Å². The molecule has 29 heavy (non-hydrogen) atoms. The van der Waals surface area contributed by atoms with Gasteiger partial charge in [0.05, 0.1) is 18.4 Å². The van der Waals surface area contributed by atoms with E-state index < -0.39 is 0 Å². The van der Waals surface area contributed by atoms with Gasteiger partial charge in [-0.25, -0.2) is 9.97 Å². The minimum atomic E-state index is -0.266. The van der Waals surface area contributed by atoms with Crippen LogP contribution in [0.15, 0.2) is 55.0 Å². The van der Waals surface area contributed by atoms with E-state index >= 15 is 0 Å². The van der Waals surface area contributed by atoms with Gasteiger partial charge >= 0.3 is 0 Å². The number of imide groups is 1. The fourth-order valence-corrected chi connectivity index (χ4v) is 3.17. The highest BCUT2D eigenvalue weighted by Crippen LogP contribution is 2.17. The van der Waals surface area contributed by atoms with Crippen LogP contribution in [0.3, 0.4) is 0 Å². The maximum atomic E-state index is 12.5. The van der Waals surface area contributed by atoms with Crippen LogP contribution >= 0.6 is 0 Å². The summed E-state index contributed by atoms with van der Waals surface area (Å²) in [7, 11) is 0. The number of hydrogen-bond donors (Lipinski definition) is 1. The van der Waals surface area contributed by atoms with Crippen molar-refractivity contribution in [1.29, 1.82) is 0 Å². The first kappa shape index (κ1) is 18.5. The molecular formula is C21H19N5O3. The Morgan fingerprint density at radius 1 is 1.03 bits per heavy atom.